The molecule has 2 aromatic carbocycles. The van der Waals surface area contributed by atoms with Crippen molar-refractivity contribution in [3.8, 4) is 0 Å². The summed E-state index contributed by atoms with van der Waals surface area (Å²) in [5.74, 6) is 1.32. The van der Waals surface area contributed by atoms with Gasteiger partial charge in [0.15, 0.2) is 11.0 Å². The van der Waals surface area contributed by atoms with Crippen LogP contribution in [0.5, 0.6) is 0 Å². The van der Waals surface area contributed by atoms with Gasteiger partial charge in [-0.25, -0.2) is 9.67 Å². The molecular formula is C21H22N6OS. The van der Waals surface area contributed by atoms with E-state index in [0.29, 0.717) is 21.8 Å². The molecule has 0 fully saturated rings. The zero-order valence-corrected chi connectivity index (χ0v) is 17.2. The van der Waals surface area contributed by atoms with Crippen LogP contribution in [-0.2, 0) is 12.3 Å². The van der Waals surface area contributed by atoms with Gasteiger partial charge in [0, 0.05) is 6.54 Å². The summed E-state index contributed by atoms with van der Waals surface area (Å²) in [5.41, 5.74) is 1.72. The third kappa shape index (κ3) is 3.93. The van der Waals surface area contributed by atoms with E-state index in [1.165, 1.54) is 11.8 Å². The SMILES string of the molecule is CCCn1nnnc1CSc1nc2ccccc2c(=O)n1[C@H](C)c1ccccc1. The third-order valence-corrected chi connectivity index (χ3v) is 5.77. The molecule has 0 aliphatic heterocycles. The lowest BCUT2D eigenvalue weighted by Crippen LogP contribution is -2.27. The van der Waals surface area contributed by atoms with Gasteiger partial charge in [-0.15, -0.1) is 5.10 Å². The smallest absolute Gasteiger partial charge is 0.262 e. The third-order valence-electron chi connectivity index (χ3n) is 4.82. The van der Waals surface area contributed by atoms with Crippen LogP contribution in [0, 0.1) is 0 Å². The Morgan fingerprint density at radius 2 is 1.83 bits per heavy atom. The van der Waals surface area contributed by atoms with Crippen molar-refractivity contribution in [3.63, 3.8) is 0 Å². The molecule has 1 atom stereocenters. The minimum Gasteiger partial charge on any atom is -0.280 e. The monoisotopic (exact) mass is 406 g/mol. The van der Waals surface area contributed by atoms with Crippen LogP contribution in [0.3, 0.4) is 0 Å². The van der Waals surface area contributed by atoms with Crippen LogP contribution < -0.4 is 5.56 Å². The molecule has 4 aromatic rings. The number of nitrogens with zero attached hydrogens (tertiary/aromatic N) is 6. The van der Waals surface area contributed by atoms with Gasteiger partial charge in [-0.3, -0.25) is 9.36 Å². The van der Waals surface area contributed by atoms with Crippen LogP contribution in [0.15, 0.2) is 64.5 Å². The summed E-state index contributed by atoms with van der Waals surface area (Å²) < 4.78 is 3.58. The van der Waals surface area contributed by atoms with Crippen molar-refractivity contribution in [1.29, 1.82) is 0 Å². The number of benzene rings is 2. The van der Waals surface area contributed by atoms with Gasteiger partial charge in [0.1, 0.15) is 0 Å². The zero-order chi connectivity index (χ0) is 20.2. The van der Waals surface area contributed by atoms with E-state index in [9.17, 15) is 4.79 Å². The second-order valence-corrected chi connectivity index (χ2v) is 7.72. The average Bonchev–Trinajstić information content (AvgIpc) is 3.20. The predicted molar refractivity (Wildman–Crippen MR) is 114 cm³/mol. The quantitative estimate of drug-likeness (QED) is 0.344. The van der Waals surface area contributed by atoms with E-state index in [1.54, 1.807) is 9.25 Å². The summed E-state index contributed by atoms with van der Waals surface area (Å²) in [6.07, 6.45) is 0.951. The summed E-state index contributed by atoms with van der Waals surface area (Å²) in [6.45, 7) is 4.88. The highest BCUT2D eigenvalue weighted by atomic mass is 32.2. The Hall–Kier alpha value is -3.00. The van der Waals surface area contributed by atoms with Crippen LogP contribution in [0.25, 0.3) is 10.9 Å². The number of aromatic nitrogens is 6. The Balaban J connectivity index is 1.77. The zero-order valence-electron chi connectivity index (χ0n) is 16.4. The van der Waals surface area contributed by atoms with E-state index < -0.39 is 0 Å². The number of hydrogen-bond donors (Lipinski definition) is 0. The second kappa shape index (κ2) is 8.57. The topological polar surface area (TPSA) is 78.5 Å². The Bertz CT molecular complexity index is 1170. The first-order chi connectivity index (χ1) is 14.2. The van der Waals surface area contributed by atoms with Gasteiger partial charge in [0.05, 0.1) is 22.7 Å². The van der Waals surface area contributed by atoms with Crippen LogP contribution >= 0.6 is 11.8 Å². The summed E-state index contributed by atoms with van der Waals surface area (Å²) >= 11 is 1.49. The fraction of sp³-hybridized carbons (Fsp3) is 0.286. The standard InChI is InChI=1S/C21H22N6OS/c1-3-13-26-19(23-24-25-26)14-29-21-22-18-12-8-7-11-17(18)20(28)27(21)15(2)16-9-5-4-6-10-16/h4-12,15H,3,13-14H2,1-2H3/t15-/m1/s1. The highest BCUT2D eigenvalue weighted by Crippen LogP contribution is 2.26. The summed E-state index contributed by atoms with van der Waals surface area (Å²) in [6, 6.07) is 17.3. The molecule has 8 heteroatoms. The predicted octanol–water partition coefficient (Wildman–Crippen LogP) is 3.69. The molecule has 0 unspecified atom stereocenters. The van der Waals surface area contributed by atoms with E-state index in [1.807, 2.05) is 61.5 Å². The molecule has 2 aromatic heterocycles. The second-order valence-electron chi connectivity index (χ2n) is 6.78. The van der Waals surface area contributed by atoms with E-state index in [4.69, 9.17) is 4.98 Å². The Morgan fingerprint density at radius 1 is 1.07 bits per heavy atom. The molecule has 0 amide bonds. The van der Waals surface area contributed by atoms with Gasteiger partial charge >= 0.3 is 0 Å². The molecule has 0 aliphatic carbocycles. The maximum absolute atomic E-state index is 13.4. The van der Waals surface area contributed by atoms with Crippen molar-refractivity contribution >= 4 is 22.7 Å². The van der Waals surface area contributed by atoms with Crippen molar-refractivity contribution in [3.05, 3.63) is 76.3 Å². The minimum atomic E-state index is -0.144. The molecule has 7 nitrogen and oxygen atoms in total. The number of aryl methyl sites for hydroxylation is 1. The van der Waals surface area contributed by atoms with Crippen molar-refractivity contribution in [1.82, 2.24) is 29.8 Å². The van der Waals surface area contributed by atoms with Gasteiger partial charge in [0.2, 0.25) is 0 Å². The molecule has 0 aliphatic rings. The molecule has 0 spiro atoms. The average molecular weight is 407 g/mol. The van der Waals surface area contributed by atoms with Crippen molar-refractivity contribution in [2.75, 3.05) is 0 Å². The van der Waals surface area contributed by atoms with Crippen LogP contribution in [0.2, 0.25) is 0 Å². The number of tetrazole rings is 1. The maximum atomic E-state index is 13.4. The minimum absolute atomic E-state index is 0.0393. The van der Waals surface area contributed by atoms with Crippen molar-refractivity contribution in [2.45, 2.75) is 43.8 Å². The van der Waals surface area contributed by atoms with E-state index >= 15 is 0 Å². The summed E-state index contributed by atoms with van der Waals surface area (Å²) in [5, 5.41) is 13.2. The fourth-order valence-corrected chi connectivity index (χ4v) is 4.30. The molecule has 0 bridgehead atoms. The summed E-state index contributed by atoms with van der Waals surface area (Å²) in [7, 11) is 0. The molecule has 148 valence electrons. The number of hydrogen-bond acceptors (Lipinski definition) is 6. The largest absolute Gasteiger partial charge is 0.280 e. The van der Waals surface area contributed by atoms with E-state index in [2.05, 4.69) is 22.4 Å². The highest BCUT2D eigenvalue weighted by molar-refractivity contribution is 7.98. The molecule has 0 saturated heterocycles. The van der Waals surface area contributed by atoms with Crippen LogP contribution in [0.4, 0.5) is 0 Å². The number of thioether (sulfide) groups is 1. The lowest BCUT2D eigenvalue weighted by molar-refractivity contribution is 0.547. The molecule has 0 saturated carbocycles. The Kier molecular flexibility index (Phi) is 5.71. The molecule has 2 heterocycles. The van der Waals surface area contributed by atoms with E-state index in [-0.39, 0.29) is 11.6 Å². The maximum Gasteiger partial charge on any atom is 0.262 e. The number of para-hydroxylation sites is 1. The number of fused-ring (bicyclic) bond motifs is 1. The highest BCUT2D eigenvalue weighted by Gasteiger charge is 2.19. The molecule has 0 radical (unpaired) electrons. The molecular weight excluding hydrogens is 384 g/mol. The normalized spacial score (nSPS) is 12.3. The van der Waals surface area contributed by atoms with Gasteiger partial charge in [-0.1, -0.05) is 61.2 Å². The van der Waals surface area contributed by atoms with Gasteiger partial charge in [-0.2, -0.15) is 0 Å². The first kappa shape index (κ1) is 19.3. The molecule has 0 N–H and O–H groups in total. The van der Waals surface area contributed by atoms with Crippen LogP contribution in [0.1, 0.15) is 37.7 Å². The van der Waals surface area contributed by atoms with Gasteiger partial charge in [-0.05, 0) is 41.5 Å². The van der Waals surface area contributed by atoms with Crippen molar-refractivity contribution in [2.24, 2.45) is 0 Å². The first-order valence-electron chi connectivity index (χ1n) is 9.63. The van der Waals surface area contributed by atoms with Crippen LogP contribution in [-0.4, -0.2) is 29.8 Å². The molecule has 4 rings (SSSR count). The van der Waals surface area contributed by atoms with Gasteiger partial charge < -0.3 is 0 Å². The Labute approximate surface area is 172 Å². The van der Waals surface area contributed by atoms with E-state index in [0.717, 1.165) is 24.4 Å². The lowest BCUT2D eigenvalue weighted by atomic mass is 10.1. The molecule has 29 heavy (non-hydrogen) atoms. The van der Waals surface area contributed by atoms with Crippen molar-refractivity contribution < 1.29 is 0 Å². The van der Waals surface area contributed by atoms with Gasteiger partial charge in [0.25, 0.3) is 5.56 Å². The summed E-state index contributed by atoms with van der Waals surface area (Å²) in [4.78, 5) is 18.2. The fourth-order valence-electron chi connectivity index (χ4n) is 3.29. The first-order valence-corrected chi connectivity index (χ1v) is 10.6. The lowest BCUT2D eigenvalue weighted by Gasteiger charge is -2.20. The number of rotatable bonds is 7. The Morgan fingerprint density at radius 3 is 2.62 bits per heavy atom.